The minimum Gasteiger partial charge on any atom is -0.391 e. The quantitative estimate of drug-likeness (QED) is 0.0170. The van der Waals surface area contributed by atoms with E-state index in [0.717, 1.165) is 0 Å². The summed E-state index contributed by atoms with van der Waals surface area (Å²) in [5.41, 5.74) is 11.0. The topological polar surface area (TPSA) is 358 Å². The third kappa shape index (κ3) is 19.8. The molecule has 74 heavy (non-hydrogen) atoms. The average Bonchev–Trinajstić information content (AvgIpc) is 4.03. The number of aliphatic imine (C=N–C) groups is 1. The Morgan fingerprint density at radius 3 is 1.81 bits per heavy atom. The van der Waals surface area contributed by atoms with Gasteiger partial charge in [0.05, 0.1) is 18.6 Å². The van der Waals surface area contributed by atoms with Gasteiger partial charge in [-0.25, -0.2) is 0 Å². The van der Waals surface area contributed by atoms with Crippen molar-refractivity contribution in [3.8, 4) is 0 Å². The smallest absolute Gasteiger partial charge is 0.245 e. The van der Waals surface area contributed by atoms with Gasteiger partial charge >= 0.3 is 0 Å². The summed E-state index contributed by atoms with van der Waals surface area (Å²) in [6.07, 6.45) is 4.78. The van der Waals surface area contributed by atoms with Crippen LogP contribution in [0.3, 0.4) is 0 Å². The number of hydrogen-bond acceptors (Lipinski definition) is 12. The predicted octanol–water partition coefficient (Wildman–Crippen LogP) is -1.46. The van der Waals surface area contributed by atoms with Crippen molar-refractivity contribution in [2.75, 3.05) is 33.2 Å². The molecule has 1 fully saturated rings. The van der Waals surface area contributed by atoms with Crippen LogP contribution < -0.4 is 54.0 Å². The summed E-state index contributed by atoms with van der Waals surface area (Å²) < 4.78 is 0. The van der Waals surface area contributed by atoms with Crippen LogP contribution in [0.25, 0.3) is 0 Å². The van der Waals surface area contributed by atoms with Crippen molar-refractivity contribution in [1.29, 1.82) is 0 Å². The van der Waals surface area contributed by atoms with Gasteiger partial charge in [0.2, 0.25) is 59.1 Å². The van der Waals surface area contributed by atoms with Crippen LogP contribution >= 0.6 is 0 Å². The molecule has 1 aliphatic heterocycles. The number of aliphatic hydroxyl groups excluding tert-OH is 1. The van der Waals surface area contributed by atoms with Crippen LogP contribution in [0.1, 0.15) is 127 Å². The number of nitrogens with one attached hydrogen (secondary N) is 8. The Morgan fingerprint density at radius 1 is 0.716 bits per heavy atom. The second kappa shape index (κ2) is 31.4. The summed E-state index contributed by atoms with van der Waals surface area (Å²) in [5, 5.41) is 32.7. The van der Waals surface area contributed by atoms with E-state index in [-0.39, 0.29) is 50.1 Å². The molecule has 1 heterocycles. The highest BCUT2D eigenvalue weighted by molar-refractivity contribution is 5.98. The Hall–Kier alpha value is -6.33. The Labute approximate surface area is 436 Å². The lowest BCUT2D eigenvalue weighted by Gasteiger charge is -2.32. The van der Waals surface area contributed by atoms with E-state index in [1.54, 1.807) is 60.6 Å². The van der Waals surface area contributed by atoms with Crippen LogP contribution in [0.5, 0.6) is 0 Å². The van der Waals surface area contributed by atoms with E-state index in [9.17, 15) is 53.1 Å². The van der Waals surface area contributed by atoms with Gasteiger partial charge in [-0.05, 0) is 70.1 Å². The molecule has 2 rings (SSSR count). The van der Waals surface area contributed by atoms with Gasteiger partial charge in [-0.2, -0.15) is 0 Å². The van der Waals surface area contributed by atoms with Gasteiger partial charge < -0.3 is 68.9 Å². The van der Waals surface area contributed by atoms with E-state index in [1.165, 1.54) is 30.7 Å². The Balaban J connectivity index is 2.26. The van der Waals surface area contributed by atoms with Gasteiger partial charge in [0.15, 0.2) is 5.96 Å². The standard InChI is InChI=1S/C50H87N13O11/c1-12-18-34(43(68)59-39(28(7)13-2)46(71)57-35(19-16-23-54-50(51)52)49(74)63-24-17-20-36(63)44(69)53-15-4)56-48(73)41(30(9)64)61-47(72)40(29(8)14-3)60-45(70)38(27(5)6)58-42(67)32-21-22-33(25-32)55-37(66)26-62(11)31(10)65/h21-22,27-30,32-36,38-41,64H,12-20,23-26H2,1-11H3,(H,53,69)(H,55,66)(H,56,73)(H,57,71)(H,58,67)(H,59,68)(H,60,70)(H,61,72)(H4,51,52,54)/t28-,29-,30+,32-,33+,34-,35-,36-,38-,39-,40+,41-/m0/s1. The minimum atomic E-state index is -1.61. The second-order valence-electron chi connectivity index (χ2n) is 19.9. The number of guanidine groups is 1. The molecular formula is C50H87N13O11. The number of rotatable bonds is 30. The van der Waals surface area contributed by atoms with Gasteiger partial charge in [0.25, 0.3) is 0 Å². The molecule has 0 radical (unpaired) electrons. The molecule has 24 heteroatoms. The molecule has 10 amide bonds. The maximum absolute atomic E-state index is 14.2. The van der Waals surface area contributed by atoms with Gasteiger partial charge in [-0.1, -0.05) is 79.9 Å². The lowest BCUT2D eigenvalue weighted by Crippen LogP contribution is -2.63. The Morgan fingerprint density at radius 2 is 1.27 bits per heavy atom. The van der Waals surface area contributed by atoms with Crippen LogP contribution in [-0.2, 0) is 47.9 Å². The molecule has 24 nitrogen and oxygen atoms in total. The number of nitrogens with two attached hydrogens (primary N) is 2. The zero-order valence-corrected chi connectivity index (χ0v) is 45.4. The zero-order valence-electron chi connectivity index (χ0n) is 45.4. The monoisotopic (exact) mass is 1050 g/mol. The Kier molecular flexibility index (Phi) is 27.1. The number of carbonyl (C=O) groups excluding carboxylic acids is 10. The summed E-state index contributed by atoms with van der Waals surface area (Å²) in [6.45, 7) is 17.4. The van der Waals surface area contributed by atoms with Crippen LogP contribution in [0, 0.1) is 23.7 Å². The lowest BCUT2D eigenvalue weighted by molar-refractivity contribution is -0.142. The fraction of sp³-hybridized carbons (Fsp3) is 0.740. The first-order valence-electron chi connectivity index (χ1n) is 26.1. The fourth-order valence-corrected chi connectivity index (χ4v) is 8.56. The molecule has 13 N–H and O–H groups in total. The third-order valence-corrected chi connectivity index (χ3v) is 13.5. The highest BCUT2D eigenvalue weighted by Crippen LogP contribution is 2.22. The maximum Gasteiger partial charge on any atom is 0.245 e. The molecule has 0 aromatic rings. The predicted molar refractivity (Wildman–Crippen MR) is 278 cm³/mol. The second-order valence-corrected chi connectivity index (χ2v) is 19.9. The van der Waals surface area contributed by atoms with Crippen LogP contribution in [0.2, 0.25) is 0 Å². The van der Waals surface area contributed by atoms with Crippen LogP contribution in [-0.4, -0.2) is 168 Å². The lowest BCUT2D eigenvalue weighted by atomic mass is 9.95. The molecule has 0 spiro atoms. The van der Waals surface area contributed by atoms with Crippen LogP contribution in [0.4, 0.5) is 0 Å². The summed E-state index contributed by atoms with van der Waals surface area (Å²) in [6, 6.07) is -8.69. The number of carbonyl (C=O) groups is 10. The highest BCUT2D eigenvalue weighted by Gasteiger charge is 2.40. The SMILES string of the molecule is CCC[C@H](NC(=O)[C@@H](NC(=O)[C@H](NC(=O)[C@@H](NC(=O)[C@H]1C=C[C@@H](NC(=O)CN(C)C(C)=O)C1)C(C)C)[C@@H](C)CC)[C@@H](C)O)C(=O)N[C@H](C(=O)N[C@@H](CCCN=C(N)N)C(=O)N1CCC[C@H]1C(=O)NCC)[C@@H](C)CC. The molecule has 2 aliphatic rings. The summed E-state index contributed by atoms with van der Waals surface area (Å²) in [4.78, 5) is 141. The summed E-state index contributed by atoms with van der Waals surface area (Å²) in [7, 11) is 1.49. The highest BCUT2D eigenvalue weighted by atomic mass is 16.3. The molecule has 418 valence electrons. The number of amides is 10. The Bertz CT molecular complexity index is 2010. The van der Waals surface area contributed by atoms with E-state index in [1.807, 2.05) is 6.92 Å². The van der Waals surface area contributed by atoms with E-state index in [4.69, 9.17) is 11.5 Å². The van der Waals surface area contributed by atoms with Crippen molar-refractivity contribution in [1.82, 2.24) is 52.3 Å². The average molecular weight is 1050 g/mol. The number of likely N-dealkylation sites (N-methyl/N-ethyl adjacent to an activating group) is 2. The van der Waals surface area contributed by atoms with Gasteiger partial charge in [-0.15, -0.1) is 0 Å². The molecule has 12 atom stereocenters. The largest absolute Gasteiger partial charge is 0.391 e. The van der Waals surface area contributed by atoms with Crippen molar-refractivity contribution in [3.05, 3.63) is 12.2 Å². The normalized spacial score (nSPS) is 19.7. The van der Waals surface area contributed by atoms with Crippen molar-refractivity contribution >= 4 is 65.0 Å². The van der Waals surface area contributed by atoms with Gasteiger partial charge in [-0.3, -0.25) is 52.9 Å². The number of likely N-dealkylation sites (tertiary alicyclic amines) is 1. The summed E-state index contributed by atoms with van der Waals surface area (Å²) >= 11 is 0. The van der Waals surface area contributed by atoms with E-state index >= 15 is 0 Å². The molecule has 0 aromatic carbocycles. The van der Waals surface area contributed by atoms with E-state index in [2.05, 4.69) is 47.5 Å². The van der Waals surface area contributed by atoms with Crippen molar-refractivity contribution in [2.45, 2.75) is 181 Å². The summed E-state index contributed by atoms with van der Waals surface area (Å²) in [5.74, 6) is -7.98. The molecule has 1 aliphatic carbocycles. The maximum atomic E-state index is 14.2. The molecule has 0 unspecified atom stereocenters. The molecule has 0 aromatic heterocycles. The molecule has 0 saturated carbocycles. The van der Waals surface area contributed by atoms with Gasteiger partial charge in [0, 0.05) is 39.6 Å². The zero-order chi connectivity index (χ0) is 56.0. The molecule has 1 saturated heterocycles. The van der Waals surface area contributed by atoms with E-state index in [0.29, 0.717) is 51.6 Å². The first kappa shape index (κ1) is 63.8. The molecular weight excluding hydrogens is 959 g/mol. The third-order valence-electron chi connectivity index (χ3n) is 13.5. The number of aliphatic hydroxyl groups is 1. The van der Waals surface area contributed by atoms with Crippen LogP contribution in [0.15, 0.2) is 17.1 Å². The molecule has 0 bridgehead atoms. The minimum absolute atomic E-state index is 0.0908. The number of hydrogen-bond donors (Lipinski definition) is 11. The first-order chi connectivity index (χ1) is 34.8. The van der Waals surface area contributed by atoms with Crippen molar-refractivity contribution in [2.24, 2.45) is 40.1 Å². The van der Waals surface area contributed by atoms with E-state index < -0.39 is 125 Å². The van der Waals surface area contributed by atoms with Crippen molar-refractivity contribution in [3.63, 3.8) is 0 Å². The van der Waals surface area contributed by atoms with Gasteiger partial charge in [0.1, 0.15) is 42.3 Å². The van der Waals surface area contributed by atoms with Crippen molar-refractivity contribution < 1.29 is 53.1 Å². The first-order valence-corrected chi connectivity index (χ1v) is 26.1. The number of nitrogens with zero attached hydrogens (tertiary/aromatic N) is 3. The fourth-order valence-electron chi connectivity index (χ4n) is 8.56.